The van der Waals surface area contributed by atoms with Crippen LogP contribution in [0.3, 0.4) is 0 Å². The third kappa shape index (κ3) is 5.16. The molecule has 4 rings (SSSR count). The number of nitrogens with one attached hydrogen (secondary N) is 4. The Labute approximate surface area is 181 Å². The van der Waals surface area contributed by atoms with Crippen LogP contribution in [0.4, 0.5) is 23.1 Å². The minimum Gasteiger partial charge on any atom is -0.350 e. The predicted molar refractivity (Wildman–Crippen MR) is 122 cm³/mol. The normalized spacial score (nSPS) is 12.9. The van der Waals surface area contributed by atoms with Crippen LogP contribution in [0.15, 0.2) is 42.7 Å². The molecule has 8 nitrogen and oxygen atoms in total. The van der Waals surface area contributed by atoms with Crippen molar-refractivity contribution < 1.29 is 4.79 Å². The molecule has 0 spiro atoms. The van der Waals surface area contributed by atoms with E-state index in [0.717, 1.165) is 36.6 Å². The highest BCUT2D eigenvalue weighted by Gasteiger charge is 2.17. The Bertz CT molecular complexity index is 1100. The summed E-state index contributed by atoms with van der Waals surface area (Å²) in [5, 5.41) is 12.8. The Kier molecular flexibility index (Phi) is 6.08. The molecule has 1 aromatic carbocycles. The first kappa shape index (κ1) is 20.7. The number of nitrogens with zero attached hydrogens (tertiary/aromatic N) is 3. The summed E-state index contributed by atoms with van der Waals surface area (Å²) in [6.45, 7) is 7.62. The third-order valence-electron chi connectivity index (χ3n) is 4.96. The molecule has 0 radical (unpaired) electrons. The number of fused-ring (bicyclic) bond motifs is 1. The van der Waals surface area contributed by atoms with Gasteiger partial charge in [0.2, 0.25) is 5.95 Å². The standard InChI is InChI=1S/C23H27N7O/c1-14(2)27-22(31)20-13-26-23(30-21(20)28-19-7-9-25-15(3)10-19)29-18-5-4-17-12-24-8-6-16(17)11-18/h4-5,7,9-11,13-14,24H,6,8,12H2,1-3H3,(H,27,31)(H2,25,26,28,29,30). The van der Waals surface area contributed by atoms with Gasteiger partial charge in [0.05, 0.1) is 0 Å². The zero-order valence-electron chi connectivity index (χ0n) is 18.0. The van der Waals surface area contributed by atoms with Gasteiger partial charge in [-0.1, -0.05) is 6.07 Å². The average Bonchev–Trinajstić information content (AvgIpc) is 2.73. The number of anilines is 4. The quantitative estimate of drug-likeness (QED) is 0.487. The lowest BCUT2D eigenvalue weighted by atomic mass is 10.0. The molecule has 1 aliphatic rings. The Morgan fingerprint density at radius 2 is 1.90 bits per heavy atom. The largest absolute Gasteiger partial charge is 0.350 e. The van der Waals surface area contributed by atoms with E-state index in [4.69, 9.17) is 0 Å². The maximum atomic E-state index is 12.7. The van der Waals surface area contributed by atoms with Crippen LogP contribution in [0.5, 0.6) is 0 Å². The third-order valence-corrected chi connectivity index (χ3v) is 4.96. The van der Waals surface area contributed by atoms with E-state index in [2.05, 4.69) is 48.4 Å². The highest BCUT2D eigenvalue weighted by Crippen LogP contribution is 2.24. The molecule has 0 atom stereocenters. The molecular formula is C23H27N7O. The van der Waals surface area contributed by atoms with Crippen molar-refractivity contribution in [3.8, 4) is 0 Å². The molecule has 0 unspecified atom stereocenters. The van der Waals surface area contributed by atoms with Gasteiger partial charge in [0.15, 0.2) is 0 Å². The SMILES string of the molecule is Cc1cc(Nc2nc(Nc3ccc4c(c3)CCNC4)ncc2C(=O)NC(C)C)ccn1. The van der Waals surface area contributed by atoms with Crippen molar-refractivity contribution in [1.29, 1.82) is 0 Å². The second-order valence-corrected chi connectivity index (χ2v) is 7.93. The van der Waals surface area contributed by atoms with Crippen LogP contribution in [-0.4, -0.2) is 33.4 Å². The van der Waals surface area contributed by atoms with Gasteiger partial charge < -0.3 is 21.3 Å². The van der Waals surface area contributed by atoms with Crippen molar-refractivity contribution in [2.45, 2.75) is 39.8 Å². The maximum absolute atomic E-state index is 12.7. The number of hydrogen-bond donors (Lipinski definition) is 4. The van der Waals surface area contributed by atoms with Gasteiger partial charge in [-0.05, 0) is 69.1 Å². The molecule has 3 heterocycles. The zero-order chi connectivity index (χ0) is 21.8. The number of benzene rings is 1. The molecular weight excluding hydrogens is 390 g/mol. The second-order valence-electron chi connectivity index (χ2n) is 7.93. The number of pyridine rings is 1. The monoisotopic (exact) mass is 417 g/mol. The van der Waals surface area contributed by atoms with Crippen molar-refractivity contribution in [3.05, 3.63) is 65.1 Å². The molecule has 3 aromatic rings. The van der Waals surface area contributed by atoms with Crippen LogP contribution >= 0.6 is 0 Å². The fraction of sp³-hybridized carbons (Fsp3) is 0.304. The van der Waals surface area contributed by atoms with Gasteiger partial charge in [0.25, 0.3) is 5.91 Å². The van der Waals surface area contributed by atoms with Gasteiger partial charge in [-0.3, -0.25) is 9.78 Å². The van der Waals surface area contributed by atoms with Crippen LogP contribution < -0.4 is 21.3 Å². The van der Waals surface area contributed by atoms with E-state index in [1.165, 1.54) is 11.1 Å². The number of rotatable bonds is 6. The van der Waals surface area contributed by atoms with Crippen LogP contribution in [0, 0.1) is 6.92 Å². The number of hydrogen-bond acceptors (Lipinski definition) is 7. The lowest BCUT2D eigenvalue weighted by molar-refractivity contribution is 0.0943. The fourth-order valence-electron chi connectivity index (χ4n) is 3.49. The van der Waals surface area contributed by atoms with Gasteiger partial charge in [0.1, 0.15) is 11.4 Å². The van der Waals surface area contributed by atoms with Crippen LogP contribution in [0.2, 0.25) is 0 Å². The van der Waals surface area contributed by atoms with Crippen molar-refractivity contribution in [1.82, 2.24) is 25.6 Å². The van der Waals surface area contributed by atoms with E-state index < -0.39 is 0 Å². The van der Waals surface area contributed by atoms with E-state index >= 15 is 0 Å². The molecule has 8 heteroatoms. The van der Waals surface area contributed by atoms with Crippen LogP contribution in [-0.2, 0) is 13.0 Å². The molecule has 0 saturated heterocycles. The van der Waals surface area contributed by atoms with Gasteiger partial charge in [0, 0.05) is 42.0 Å². The first-order valence-corrected chi connectivity index (χ1v) is 10.4. The van der Waals surface area contributed by atoms with E-state index in [1.54, 1.807) is 12.4 Å². The van der Waals surface area contributed by atoms with Gasteiger partial charge in [-0.15, -0.1) is 0 Å². The molecule has 0 saturated carbocycles. The summed E-state index contributed by atoms with van der Waals surface area (Å²) in [4.78, 5) is 25.9. The molecule has 0 fully saturated rings. The summed E-state index contributed by atoms with van der Waals surface area (Å²) in [7, 11) is 0. The van der Waals surface area contributed by atoms with Crippen LogP contribution in [0.1, 0.15) is 41.0 Å². The first-order valence-electron chi connectivity index (χ1n) is 10.4. The van der Waals surface area contributed by atoms with Crippen molar-refractivity contribution in [2.75, 3.05) is 17.2 Å². The Balaban J connectivity index is 1.63. The number of aromatic nitrogens is 3. The molecule has 4 N–H and O–H groups in total. The molecule has 0 aliphatic carbocycles. The van der Waals surface area contributed by atoms with Gasteiger partial charge >= 0.3 is 0 Å². The first-order chi connectivity index (χ1) is 15.0. The molecule has 0 bridgehead atoms. The van der Waals surface area contributed by atoms with Crippen LogP contribution in [0.25, 0.3) is 0 Å². The Morgan fingerprint density at radius 1 is 1.06 bits per heavy atom. The molecule has 2 aromatic heterocycles. The lowest BCUT2D eigenvalue weighted by Crippen LogP contribution is -2.31. The van der Waals surface area contributed by atoms with Gasteiger partial charge in [-0.25, -0.2) is 4.98 Å². The minimum absolute atomic E-state index is 0.00584. The Morgan fingerprint density at radius 3 is 2.71 bits per heavy atom. The molecule has 1 amide bonds. The fourth-order valence-corrected chi connectivity index (χ4v) is 3.49. The van der Waals surface area contributed by atoms with E-state index in [1.807, 2.05) is 39.0 Å². The van der Waals surface area contributed by atoms with Crippen molar-refractivity contribution >= 4 is 29.0 Å². The number of carbonyl (C=O) groups is 1. The summed E-state index contributed by atoms with van der Waals surface area (Å²) < 4.78 is 0. The average molecular weight is 418 g/mol. The summed E-state index contributed by atoms with van der Waals surface area (Å²) in [5.74, 6) is 0.628. The molecule has 160 valence electrons. The molecule has 31 heavy (non-hydrogen) atoms. The van der Waals surface area contributed by atoms with E-state index in [9.17, 15) is 4.79 Å². The summed E-state index contributed by atoms with van der Waals surface area (Å²) in [5.41, 5.74) is 5.61. The van der Waals surface area contributed by atoms with E-state index in [-0.39, 0.29) is 11.9 Å². The maximum Gasteiger partial charge on any atom is 0.256 e. The number of carbonyl (C=O) groups excluding carboxylic acids is 1. The highest BCUT2D eigenvalue weighted by atomic mass is 16.1. The topological polar surface area (TPSA) is 104 Å². The number of aryl methyl sites for hydroxylation is 1. The zero-order valence-corrected chi connectivity index (χ0v) is 18.0. The van der Waals surface area contributed by atoms with Gasteiger partial charge in [-0.2, -0.15) is 4.98 Å². The summed E-state index contributed by atoms with van der Waals surface area (Å²) >= 11 is 0. The lowest BCUT2D eigenvalue weighted by Gasteiger charge is -2.18. The molecule has 1 aliphatic heterocycles. The predicted octanol–water partition coefficient (Wildman–Crippen LogP) is 3.45. The summed E-state index contributed by atoms with van der Waals surface area (Å²) in [6, 6.07) is 10.0. The Hall–Kier alpha value is -3.52. The van der Waals surface area contributed by atoms with E-state index in [0.29, 0.717) is 17.3 Å². The second kappa shape index (κ2) is 9.09. The minimum atomic E-state index is -0.226. The number of amides is 1. The summed E-state index contributed by atoms with van der Waals surface area (Å²) in [6.07, 6.45) is 4.26. The smallest absolute Gasteiger partial charge is 0.256 e. The highest BCUT2D eigenvalue weighted by molar-refractivity contribution is 5.99. The van der Waals surface area contributed by atoms with Crippen molar-refractivity contribution in [2.24, 2.45) is 0 Å². The van der Waals surface area contributed by atoms with Crippen molar-refractivity contribution in [3.63, 3.8) is 0 Å².